The van der Waals surface area contributed by atoms with Crippen LogP contribution >= 0.6 is 0 Å². The molecule has 0 saturated heterocycles. The molecule has 1 aromatic carbocycles. The van der Waals surface area contributed by atoms with Gasteiger partial charge in [0.25, 0.3) is 6.43 Å². The van der Waals surface area contributed by atoms with E-state index in [0.717, 1.165) is 0 Å². The SMILES string of the molecule is Nc1cc(C(F)F)c(F)cc1C(=O)O. The van der Waals surface area contributed by atoms with E-state index < -0.39 is 29.3 Å². The van der Waals surface area contributed by atoms with Gasteiger partial charge in [0.05, 0.1) is 11.1 Å². The van der Waals surface area contributed by atoms with Gasteiger partial charge in [-0.2, -0.15) is 0 Å². The molecule has 0 radical (unpaired) electrons. The summed E-state index contributed by atoms with van der Waals surface area (Å²) in [5.41, 5.74) is 3.35. The molecule has 0 heterocycles. The minimum Gasteiger partial charge on any atom is -0.478 e. The number of nitrogen functional groups attached to an aromatic ring is 1. The smallest absolute Gasteiger partial charge is 0.337 e. The molecular weight excluding hydrogens is 199 g/mol. The van der Waals surface area contributed by atoms with Crippen LogP contribution in [-0.4, -0.2) is 11.1 Å². The van der Waals surface area contributed by atoms with Gasteiger partial charge in [-0.3, -0.25) is 0 Å². The van der Waals surface area contributed by atoms with E-state index in [1.165, 1.54) is 0 Å². The predicted octanol–water partition coefficient (Wildman–Crippen LogP) is 2.04. The van der Waals surface area contributed by atoms with Crippen LogP contribution in [0.5, 0.6) is 0 Å². The van der Waals surface area contributed by atoms with Crippen LogP contribution in [0.1, 0.15) is 22.3 Å². The number of benzene rings is 1. The molecule has 0 saturated carbocycles. The Morgan fingerprint density at radius 1 is 1.43 bits per heavy atom. The van der Waals surface area contributed by atoms with E-state index in [9.17, 15) is 18.0 Å². The first-order chi connectivity index (χ1) is 6.43. The van der Waals surface area contributed by atoms with Crippen LogP contribution in [0.25, 0.3) is 0 Å². The number of aromatic carboxylic acids is 1. The summed E-state index contributed by atoms with van der Waals surface area (Å²) in [5, 5.41) is 8.49. The van der Waals surface area contributed by atoms with Gasteiger partial charge >= 0.3 is 5.97 Å². The molecule has 0 bridgehead atoms. The van der Waals surface area contributed by atoms with Crippen LogP contribution < -0.4 is 5.73 Å². The lowest BCUT2D eigenvalue weighted by molar-refractivity contribution is 0.0697. The lowest BCUT2D eigenvalue weighted by Crippen LogP contribution is -2.05. The third-order valence-corrected chi connectivity index (χ3v) is 1.63. The van der Waals surface area contributed by atoms with Crippen molar-refractivity contribution in [1.82, 2.24) is 0 Å². The number of carboxylic acids is 1. The Labute approximate surface area is 77.0 Å². The standard InChI is InChI=1S/C8H6F3NO2/c9-5-1-4(8(13)14)6(12)2-3(5)7(10)11/h1-2,7H,12H2,(H,13,14). The van der Waals surface area contributed by atoms with Crippen molar-refractivity contribution < 1.29 is 23.1 Å². The zero-order valence-corrected chi connectivity index (χ0v) is 6.80. The van der Waals surface area contributed by atoms with Gasteiger partial charge in [0.15, 0.2) is 0 Å². The van der Waals surface area contributed by atoms with Gasteiger partial charge in [0.2, 0.25) is 0 Å². The highest BCUT2D eigenvalue weighted by atomic mass is 19.3. The van der Waals surface area contributed by atoms with E-state index in [1.54, 1.807) is 0 Å². The van der Waals surface area contributed by atoms with Crippen LogP contribution in [0.3, 0.4) is 0 Å². The Morgan fingerprint density at radius 3 is 2.43 bits per heavy atom. The van der Waals surface area contributed by atoms with Gasteiger partial charge in [-0.1, -0.05) is 0 Å². The molecule has 0 atom stereocenters. The maximum Gasteiger partial charge on any atom is 0.337 e. The van der Waals surface area contributed by atoms with Crippen molar-refractivity contribution in [3.8, 4) is 0 Å². The minimum absolute atomic E-state index is 0.380. The quantitative estimate of drug-likeness (QED) is 0.726. The van der Waals surface area contributed by atoms with Gasteiger partial charge in [0, 0.05) is 5.69 Å². The first kappa shape index (κ1) is 10.4. The Balaban J connectivity index is 3.31. The summed E-state index contributed by atoms with van der Waals surface area (Å²) in [6, 6.07) is 1.11. The number of hydrogen-bond acceptors (Lipinski definition) is 2. The maximum absolute atomic E-state index is 12.8. The van der Waals surface area contributed by atoms with Crippen molar-refractivity contribution >= 4 is 11.7 Å². The highest BCUT2D eigenvalue weighted by molar-refractivity contribution is 5.93. The maximum atomic E-state index is 12.8. The number of nitrogens with two attached hydrogens (primary N) is 1. The molecule has 0 spiro atoms. The highest BCUT2D eigenvalue weighted by Gasteiger charge is 2.18. The minimum atomic E-state index is -3.01. The van der Waals surface area contributed by atoms with E-state index in [0.29, 0.717) is 12.1 Å². The predicted molar refractivity (Wildman–Crippen MR) is 42.7 cm³/mol. The molecule has 3 N–H and O–H groups in total. The van der Waals surface area contributed by atoms with Crippen LogP contribution in [0.4, 0.5) is 18.9 Å². The number of alkyl halides is 2. The van der Waals surface area contributed by atoms with Crippen LogP contribution in [0.2, 0.25) is 0 Å². The number of hydrogen-bond donors (Lipinski definition) is 2. The molecule has 0 amide bonds. The molecule has 0 aromatic heterocycles. The topological polar surface area (TPSA) is 63.3 Å². The molecule has 6 heteroatoms. The summed E-state index contributed by atoms with van der Waals surface area (Å²) in [6.07, 6.45) is -3.01. The Hall–Kier alpha value is -1.72. The van der Waals surface area contributed by atoms with Crippen molar-refractivity contribution in [1.29, 1.82) is 0 Å². The summed E-state index contributed by atoms with van der Waals surface area (Å²) < 4.78 is 37.0. The van der Waals surface area contributed by atoms with E-state index in [2.05, 4.69) is 0 Å². The lowest BCUT2D eigenvalue weighted by atomic mass is 10.1. The zero-order valence-electron chi connectivity index (χ0n) is 6.80. The number of carbonyl (C=O) groups is 1. The second-order valence-electron chi connectivity index (χ2n) is 2.57. The number of carboxylic acid groups (broad SMARTS) is 1. The summed E-state index contributed by atoms with van der Waals surface area (Å²) in [4.78, 5) is 10.4. The van der Waals surface area contributed by atoms with Crippen molar-refractivity contribution in [3.05, 3.63) is 29.1 Å². The van der Waals surface area contributed by atoms with E-state index in [-0.39, 0.29) is 5.69 Å². The fourth-order valence-electron chi connectivity index (χ4n) is 0.960. The van der Waals surface area contributed by atoms with Gasteiger partial charge in [-0.05, 0) is 12.1 Å². The third kappa shape index (κ3) is 1.78. The fraction of sp³-hybridized carbons (Fsp3) is 0.125. The largest absolute Gasteiger partial charge is 0.478 e. The molecule has 14 heavy (non-hydrogen) atoms. The average molecular weight is 205 g/mol. The van der Waals surface area contributed by atoms with Crippen LogP contribution in [0.15, 0.2) is 12.1 Å². The van der Waals surface area contributed by atoms with Crippen molar-refractivity contribution in [2.75, 3.05) is 5.73 Å². The van der Waals surface area contributed by atoms with Gasteiger partial charge in [-0.25, -0.2) is 18.0 Å². The summed E-state index contributed by atoms with van der Waals surface area (Å²) in [5.74, 6) is -2.73. The molecule has 1 aromatic rings. The summed E-state index contributed by atoms with van der Waals surface area (Å²) >= 11 is 0. The van der Waals surface area contributed by atoms with Crippen molar-refractivity contribution in [3.63, 3.8) is 0 Å². The normalized spacial score (nSPS) is 10.6. The van der Waals surface area contributed by atoms with E-state index >= 15 is 0 Å². The second-order valence-corrected chi connectivity index (χ2v) is 2.57. The number of rotatable bonds is 2. The molecule has 0 aliphatic heterocycles. The molecule has 0 unspecified atom stereocenters. The van der Waals surface area contributed by atoms with Crippen LogP contribution in [-0.2, 0) is 0 Å². The molecule has 0 aliphatic rings. The van der Waals surface area contributed by atoms with Gasteiger partial charge in [0.1, 0.15) is 5.82 Å². The van der Waals surface area contributed by atoms with Crippen LogP contribution in [0, 0.1) is 5.82 Å². The molecule has 0 aliphatic carbocycles. The third-order valence-electron chi connectivity index (χ3n) is 1.63. The first-order valence-electron chi connectivity index (χ1n) is 3.54. The Kier molecular flexibility index (Phi) is 2.64. The fourth-order valence-corrected chi connectivity index (χ4v) is 0.960. The Morgan fingerprint density at radius 2 is 2.00 bits per heavy atom. The monoisotopic (exact) mass is 205 g/mol. The number of anilines is 1. The number of halogens is 3. The van der Waals surface area contributed by atoms with Gasteiger partial charge in [-0.15, -0.1) is 0 Å². The average Bonchev–Trinajstić information content (AvgIpc) is 2.07. The zero-order chi connectivity index (χ0) is 10.9. The van der Waals surface area contributed by atoms with Crippen molar-refractivity contribution in [2.45, 2.75) is 6.43 Å². The molecular formula is C8H6F3NO2. The first-order valence-corrected chi connectivity index (χ1v) is 3.54. The Bertz CT molecular complexity index is 379. The highest BCUT2D eigenvalue weighted by Crippen LogP contribution is 2.26. The van der Waals surface area contributed by atoms with E-state index in [1.807, 2.05) is 0 Å². The molecule has 76 valence electrons. The van der Waals surface area contributed by atoms with E-state index in [4.69, 9.17) is 10.8 Å². The van der Waals surface area contributed by atoms with Crippen molar-refractivity contribution in [2.24, 2.45) is 0 Å². The van der Waals surface area contributed by atoms with Gasteiger partial charge < -0.3 is 10.8 Å². The molecule has 0 fully saturated rings. The summed E-state index contributed by atoms with van der Waals surface area (Å²) in [7, 11) is 0. The second kappa shape index (κ2) is 3.57. The molecule has 3 nitrogen and oxygen atoms in total. The molecule has 1 rings (SSSR count). The summed E-state index contributed by atoms with van der Waals surface area (Å²) in [6.45, 7) is 0. The lowest BCUT2D eigenvalue weighted by Gasteiger charge is -2.05.